The van der Waals surface area contributed by atoms with Gasteiger partial charge in [0.05, 0.1) is 19.6 Å². The van der Waals surface area contributed by atoms with Gasteiger partial charge in [0.1, 0.15) is 48.3 Å². The molecule has 8 atom stereocenters. The van der Waals surface area contributed by atoms with Crippen molar-refractivity contribution in [2.24, 2.45) is 16.9 Å². The molecule has 33 heteroatoms. The average molecular weight is 1360 g/mol. The number of carbonyl (C=O) groups excluding carboxylic acids is 11. The van der Waals surface area contributed by atoms with Crippen molar-refractivity contribution in [3.63, 3.8) is 0 Å². The molecule has 0 radical (unpaired) electrons. The van der Waals surface area contributed by atoms with Gasteiger partial charge in [0.25, 0.3) is 0 Å². The van der Waals surface area contributed by atoms with Crippen LogP contribution in [0.15, 0.2) is 72.9 Å². The minimum Gasteiger partial charge on any atom is -0.480 e. The number of benzene rings is 3. The summed E-state index contributed by atoms with van der Waals surface area (Å²) in [5, 5.41) is 60.3. The van der Waals surface area contributed by atoms with Gasteiger partial charge in [-0.25, -0.2) is 4.79 Å². The van der Waals surface area contributed by atoms with Crippen molar-refractivity contribution in [2.75, 3.05) is 38.5 Å². The third kappa shape index (κ3) is 26.3. The van der Waals surface area contributed by atoms with Crippen LogP contribution in [0.1, 0.15) is 91.7 Å². The van der Waals surface area contributed by atoms with E-state index in [0.29, 0.717) is 22.0 Å². The van der Waals surface area contributed by atoms with E-state index in [4.69, 9.17) is 22.3 Å². The van der Waals surface area contributed by atoms with Gasteiger partial charge in [0.15, 0.2) is 11.9 Å². The molecule has 95 heavy (non-hydrogen) atoms. The lowest BCUT2D eigenvalue weighted by Crippen LogP contribution is -2.62. The van der Waals surface area contributed by atoms with E-state index in [1.54, 1.807) is 64.2 Å². The number of thiol groups is 2. The first-order valence-corrected chi connectivity index (χ1v) is 31.7. The molecule has 21 N–H and O–H groups in total. The summed E-state index contributed by atoms with van der Waals surface area (Å²) < 4.78 is -1.36. The molecule has 0 aliphatic rings. The van der Waals surface area contributed by atoms with Crippen LogP contribution in [0.25, 0.3) is 21.7 Å². The van der Waals surface area contributed by atoms with Crippen LogP contribution in [0.4, 0.5) is 0 Å². The molecule has 0 aliphatic carbocycles. The first kappa shape index (κ1) is 77.8. The number of rotatable bonds is 37. The number of carboxylic acid groups (broad SMARTS) is 1. The van der Waals surface area contributed by atoms with Gasteiger partial charge in [0.2, 0.25) is 65.0 Å². The van der Waals surface area contributed by atoms with Crippen molar-refractivity contribution < 1.29 is 62.6 Å². The number of fused-ring (bicyclic) bond motifs is 2. The van der Waals surface area contributed by atoms with Gasteiger partial charge < -0.3 is 90.7 Å². The van der Waals surface area contributed by atoms with E-state index in [0.717, 1.165) is 10.8 Å². The van der Waals surface area contributed by atoms with E-state index >= 15 is 0 Å². The molecular formula is C62H90N18O13S2. The summed E-state index contributed by atoms with van der Waals surface area (Å²) >= 11 is 8.79. The van der Waals surface area contributed by atoms with E-state index in [9.17, 15) is 62.6 Å². The summed E-state index contributed by atoms with van der Waals surface area (Å²) in [4.78, 5) is 165. The summed E-state index contributed by atoms with van der Waals surface area (Å²) in [7, 11) is 0. The molecule has 31 nitrogen and oxygen atoms in total. The molecule has 1 aromatic heterocycles. The van der Waals surface area contributed by atoms with E-state index in [1.165, 1.54) is 20.8 Å². The lowest BCUT2D eigenvalue weighted by Gasteiger charge is -2.31. The number of aromatic amines is 1. The van der Waals surface area contributed by atoms with Crippen LogP contribution in [-0.2, 0) is 70.4 Å². The first-order valence-electron chi connectivity index (χ1n) is 30.6. The molecule has 11 amide bonds. The predicted molar refractivity (Wildman–Crippen MR) is 362 cm³/mol. The van der Waals surface area contributed by atoms with Gasteiger partial charge in [-0.05, 0) is 79.3 Å². The first-order chi connectivity index (χ1) is 44.7. The topological polar surface area (TPSA) is 497 Å². The molecule has 3 aromatic carbocycles. The molecule has 518 valence electrons. The van der Waals surface area contributed by atoms with Gasteiger partial charge in [-0.2, -0.15) is 25.3 Å². The number of nitrogens with one attached hydrogen (secondary N) is 16. The van der Waals surface area contributed by atoms with Crippen LogP contribution < -0.4 is 80.6 Å². The molecule has 1 heterocycles. The average Bonchev–Trinajstić information content (AvgIpc) is 1.82. The molecule has 4 aromatic rings. The van der Waals surface area contributed by atoms with Crippen molar-refractivity contribution in [3.05, 3.63) is 84.1 Å². The molecule has 1 unspecified atom stereocenters. The monoisotopic (exact) mass is 1360 g/mol. The number of carbonyl (C=O) groups is 12. The van der Waals surface area contributed by atoms with Gasteiger partial charge in [0, 0.05) is 60.5 Å². The Morgan fingerprint density at radius 2 is 1.01 bits per heavy atom. The minimum atomic E-state index is -1.50. The Hall–Kier alpha value is -9.66. The molecule has 0 fully saturated rings. The molecule has 0 aliphatic heterocycles. The second kappa shape index (κ2) is 37.3. The number of aliphatic carboxylic acids is 1. The Labute approximate surface area is 560 Å². The number of H-pyrrole nitrogens is 1. The number of guanidine groups is 2. The van der Waals surface area contributed by atoms with Crippen molar-refractivity contribution in [3.8, 4) is 0 Å². The van der Waals surface area contributed by atoms with Crippen molar-refractivity contribution >= 4 is 130 Å². The van der Waals surface area contributed by atoms with Gasteiger partial charge in [-0.3, -0.25) is 63.6 Å². The Bertz CT molecular complexity index is 3430. The Balaban J connectivity index is 1.60. The van der Waals surface area contributed by atoms with Crippen molar-refractivity contribution in [1.82, 2.24) is 74.1 Å². The standard InChI is InChI=1S/C62H90N18O13S2/c1-8-39(51(85)70-31-48(84)79-50(58(92)93)61(3,4)5)74-46(82)30-72-57(91)49(62(6,7)95)80-55(89)44(27-37-28-69-40-18-12-11-17-38(37)40)78-54(88)43(26-34-21-22-35-15-9-10-16-36(35)25-34)75-47(83)29-71-52(86)41(19-13-23-67-59(63)64)76-53(87)42(20-14-24-68-60(65)66)77-56(90)45(32-94)73-33(2)81/h9-12,15-18,21-22,25,28,39,41-45,49-50,69,94-95H,8,13-14,19-20,23-24,26-27,29-32H2,1-7H3,(H,70,85)(H,71,86)(H,72,91)(H,73,81)(H,74,82)(H,75,83)(H,76,87)(H,77,90)(H,78,88)(H,79,84)(H,80,89)(H,92,93)(H4,63,64,67)(H4,65,66,68)/t39-,41-,42+,43-,44-,45-,49?,50+/m0/s1. The number of aromatic nitrogens is 1. The van der Waals surface area contributed by atoms with Crippen LogP contribution in [0, 0.1) is 16.2 Å². The molecule has 4 rings (SSSR count). The summed E-state index contributed by atoms with van der Waals surface area (Å²) in [6, 6.07) is 9.22. The smallest absolute Gasteiger partial charge is 0.326 e. The van der Waals surface area contributed by atoms with Gasteiger partial charge in [-0.1, -0.05) is 88.4 Å². The van der Waals surface area contributed by atoms with Crippen LogP contribution in [0.3, 0.4) is 0 Å². The highest BCUT2D eigenvalue weighted by molar-refractivity contribution is 7.81. The van der Waals surface area contributed by atoms with Crippen LogP contribution in [0.2, 0.25) is 0 Å². The fraction of sp³-hybridized carbons (Fsp3) is 0.484. The highest BCUT2D eigenvalue weighted by atomic mass is 32.1. The number of hydrogen-bond acceptors (Lipinski definition) is 16. The number of carboxylic acids is 1. The van der Waals surface area contributed by atoms with Crippen molar-refractivity contribution in [2.45, 2.75) is 146 Å². The predicted octanol–water partition coefficient (Wildman–Crippen LogP) is -1.94. The summed E-state index contributed by atoms with van der Waals surface area (Å²) in [6.45, 7) is 8.81. The summed E-state index contributed by atoms with van der Waals surface area (Å²) in [5.41, 5.74) is 11.9. The zero-order valence-electron chi connectivity index (χ0n) is 54.1. The minimum absolute atomic E-state index is 0.0373. The normalized spacial score (nSPS) is 13.8. The second-order valence-corrected chi connectivity index (χ2v) is 25.7. The maximum Gasteiger partial charge on any atom is 0.326 e. The zero-order chi connectivity index (χ0) is 70.7. The maximum absolute atomic E-state index is 15.0. The quantitative estimate of drug-likeness (QED) is 0.0101. The summed E-state index contributed by atoms with van der Waals surface area (Å²) in [6.07, 6.45) is 1.56. The number of para-hydroxylation sites is 1. The third-order valence-corrected chi connectivity index (χ3v) is 15.4. The lowest BCUT2D eigenvalue weighted by atomic mass is 9.87. The Morgan fingerprint density at radius 3 is 1.55 bits per heavy atom. The number of hydrogen-bond donors (Lipinski definition) is 21. The number of nitrogens with two attached hydrogens (primary N) is 2. The number of amides is 11. The van der Waals surface area contributed by atoms with Crippen molar-refractivity contribution in [1.29, 1.82) is 10.8 Å². The Morgan fingerprint density at radius 1 is 0.537 bits per heavy atom. The van der Waals surface area contributed by atoms with E-state index in [2.05, 4.69) is 99.4 Å². The molecule has 0 saturated carbocycles. The highest BCUT2D eigenvalue weighted by Gasteiger charge is 2.38. The lowest BCUT2D eigenvalue weighted by molar-refractivity contribution is -0.145. The highest BCUT2D eigenvalue weighted by Crippen LogP contribution is 2.23. The fourth-order valence-corrected chi connectivity index (χ4v) is 10.2. The molecule has 0 bridgehead atoms. The van der Waals surface area contributed by atoms with Crippen LogP contribution >= 0.6 is 25.3 Å². The fourth-order valence-electron chi connectivity index (χ4n) is 9.75. The largest absolute Gasteiger partial charge is 0.480 e. The second-order valence-electron chi connectivity index (χ2n) is 24.1. The molecule has 0 spiro atoms. The van der Waals surface area contributed by atoms with E-state index in [-0.39, 0.29) is 75.7 Å². The SMILES string of the molecule is CC[C@H](NC(=O)CNC(=O)C(NC(=O)[C@H](Cc1c[nH]c2ccccc12)NC(=O)[C@H](Cc1ccc2ccccc2c1)NC(=O)CNC(=O)[C@H](CCCNC(=N)N)NC(=O)[C@@H](CCCNC(=N)N)NC(=O)[C@H](CS)NC(C)=O)C(C)(C)S)C(=O)NCC(=O)N[C@H](C(=O)O)C(C)(C)C. The van der Waals surface area contributed by atoms with E-state index in [1.807, 2.05) is 36.4 Å². The Kier molecular flexibility index (Phi) is 30.5. The zero-order valence-corrected chi connectivity index (χ0v) is 55.9. The van der Waals surface area contributed by atoms with Gasteiger partial charge in [-0.15, -0.1) is 0 Å². The maximum atomic E-state index is 15.0. The van der Waals surface area contributed by atoms with Gasteiger partial charge >= 0.3 is 5.97 Å². The molecule has 0 saturated heterocycles. The summed E-state index contributed by atoms with van der Waals surface area (Å²) in [5.74, 6) is -11.0. The van der Waals surface area contributed by atoms with E-state index < -0.39 is 149 Å². The van der Waals surface area contributed by atoms with Crippen LogP contribution in [-0.4, -0.2) is 185 Å². The third-order valence-electron chi connectivity index (χ3n) is 14.8. The molecular weight excluding hydrogens is 1270 g/mol. The van der Waals surface area contributed by atoms with Crippen LogP contribution in [0.5, 0.6) is 0 Å².